The first-order valence-corrected chi connectivity index (χ1v) is 11.2. The number of anilines is 1. The van der Waals surface area contributed by atoms with E-state index < -0.39 is 17.7 Å². The van der Waals surface area contributed by atoms with E-state index in [4.69, 9.17) is 9.15 Å². The van der Waals surface area contributed by atoms with E-state index in [2.05, 4.69) is 0 Å². The molecule has 6 nitrogen and oxygen atoms in total. The highest BCUT2D eigenvalue weighted by molar-refractivity contribution is 6.51. The first-order chi connectivity index (χ1) is 16.9. The zero-order chi connectivity index (χ0) is 24.5. The standard InChI is InChI=1S/C29H23NO5/c1-18-10-11-19(2)23(17-18)27(31)25-26(24-9-6-16-34-24)30(29(33)28(25)32)20-12-14-22(15-13-20)35-21-7-4-3-5-8-21/h3-17,26,31H,1-2H3/b27-25-. The molecular weight excluding hydrogens is 442 g/mol. The number of nitrogens with zero attached hydrogens (tertiary/aromatic N) is 1. The minimum absolute atomic E-state index is 0.0109. The van der Waals surface area contributed by atoms with Gasteiger partial charge in [-0.2, -0.15) is 0 Å². The van der Waals surface area contributed by atoms with Crippen LogP contribution >= 0.6 is 0 Å². The molecule has 0 aliphatic carbocycles. The summed E-state index contributed by atoms with van der Waals surface area (Å²) in [5.41, 5.74) is 2.69. The highest BCUT2D eigenvalue weighted by atomic mass is 16.5. The van der Waals surface area contributed by atoms with Crippen LogP contribution in [-0.4, -0.2) is 16.8 Å². The van der Waals surface area contributed by atoms with Gasteiger partial charge >= 0.3 is 0 Å². The number of hydrogen-bond donors (Lipinski definition) is 1. The number of ether oxygens (including phenoxy) is 1. The summed E-state index contributed by atoms with van der Waals surface area (Å²) in [7, 11) is 0. The Morgan fingerprint density at radius 3 is 2.29 bits per heavy atom. The number of aliphatic hydroxyl groups excluding tert-OH is 1. The second kappa shape index (κ2) is 8.99. The van der Waals surface area contributed by atoms with E-state index in [9.17, 15) is 14.7 Å². The van der Waals surface area contributed by atoms with Gasteiger partial charge in [-0.1, -0.05) is 35.9 Å². The van der Waals surface area contributed by atoms with Crippen molar-refractivity contribution in [3.8, 4) is 11.5 Å². The largest absolute Gasteiger partial charge is 0.507 e. The summed E-state index contributed by atoms with van der Waals surface area (Å²) in [6.07, 6.45) is 1.48. The van der Waals surface area contributed by atoms with Crippen LogP contribution in [0.5, 0.6) is 11.5 Å². The number of benzene rings is 3. The van der Waals surface area contributed by atoms with Crippen LogP contribution in [0.4, 0.5) is 5.69 Å². The SMILES string of the molecule is Cc1ccc(C)c(/C(O)=C2/C(=O)C(=O)N(c3ccc(Oc4ccccc4)cc3)C2c2ccco2)c1. The molecule has 1 aromatic heterocycles. The molecule has 0 bridgehead atoms. The fourth-order valence-electron chi connectivity index (χ4n) is 4.25. The Labute approximate surface area is 202 Å². The van der Waals surface area contributed by atoms with Gasteiger partial charge in [-0.25, -0.2) is 0 Å². The third-order valence-corrected chi connectivity index (χ3v) is 6.00. The molecule has 3 aromatic carbocycles. The van der Waals surface area contributed by atoms with E-state index in [0.29, 0.717) is 28.5 Å². The van der Waals surface area contributed by atoms with Crippen LogP contribution in [-0.2, 0) is 9.59 Å². The molecule has 0 saturated carbocycles. The van der Waals surface area contributed by atoms with Crippen LogP contribution in [0.2, 0.25) is 0 Å². The maximum absolute atomic E-state index is 13.2. The van der Waals surface area contributed by atoms with Gasteiger partial charge in [0.1, 0.15) is 29.1 Å². The number of amides is 1. The monoisotopic (exact) mass is 465 g/mol. The lowest BCUT2D eigenvalue weighted by Gasteiger charge is -2.23. The normalized spacial score (nSPS) is 17.1. The van der Waals surface area contributed by atoms with Gasteiger partial charge in [0.2, 0.25) is 0 Å². The van der Waals surface area contributed by atoms with E-state index in [1.165, 1.54) is 11.2 Å². The number of furan rings is 1. The number of para-hydroxylation sites is 1. The fourth-order valence-corrected chi connectivity index (χ4v) is 4.25. The van der Waals surface area contributed by atoms with E-state index >= 15 is 0 Å². The maximum atomic E-state index is 13.2. The molecule has 174 valence electrons. The molecule has 1 atom stereocenters. The molecule has 1 unspecified atom stereocenters. The predicted molar refractivity (Wildman–Crippen MR) is 132 cm³/mol. The van der Waals surface area contributed by atoms with Crippen molar-refractivity contribution in [2.45, 2.75) is 19.9 Å². The van der Waals surface area contributed by atoms with Crippen molar-refractivity contribution < 1.29 is 23.8 Å². The number of carbonyl (C=O) groups is 2. The Morgan fingerprint density at radius 1 is 0.886 bits per heavy atom. The van der Waals surface area contributed by atoms with Gasteiger partial charge in [0.05, 0.1) is 11.8 Å². The molecule has 6 heteroatoms. The summed E-state index contributed by atoms with van der Waals surface area (Å²) in [5.74, 6) is -0.0891. The number of hydrogen-bond acceptors (Lipinski definition) is 5. The summed E-state index contributed by atoms with van der Waals surface area (Å²) in [5, 5.41) is 11.3. The van der Waals surface area contributed by atoms with Gasteiger partial charge in [0, 0.05) is 11.3 Å². The zero-order valence-corrected chi connectivity index (χ0v) is 19.3. The molecule has 1 aliphatic rings. The molecule has 0 radical (unpaired) electrons. The predicted octanol–water partition coefficient (Wildman–Crippen LogP) is 6.32. The Balaban J connectivity index is 1.58. The van der Waals surface area contributed by atoms with E-state index in [-0.39, 0.29) is 11.3 Å². The summed E-state index contributed by atoms with van der Waals surface area (Å²) in [4.78, 5) is 27.8. The van der Waals surface area contributed by atoms with Crippen LogP contribution in [0.15, 0.2) is 101 Å². The van der Waals surface area contributed by atoms with Crippen molar-refractivity contribution >= 4 is 23.1 Å². The molecule has 2 heterocycles. The maximum Gasteiger partial charge on any atom is 0.300 e. The van der Waals surface area contributed by atoms with Crippen molar-refractivity contribution in [3.05, 3.63) is 119 Å². The quantitative estimate of drug-likeness (QED) is 0.212. The van der Waals surface area contributed by atoms with Gasteiger partial charge in [0.25, 0.3) is 11.7 Å². The van der Waals surface area contributed by atoms with Crippen LogP contribution in [0.25, 0.3) is 5.76 Å². The second-order valence-electron chi connectivity index (χ2n) is 8.41. The first kappa shape index (κ1) is 22.2. The first-order valence-electron chi connectivity index (χ1n) is 11.2. The summed E-state index contributed by atoms with van der Waals surface area (Å²) in [6, 6.07) is 24.3. The third-order valence-electron chi connectivity index (χ3n) is 6.00. The highest BCUT2D eigenvalue weighted by Crippen LogP contribution is 2.43. The average Bonchev–Trinajstić information content (AvgIpc) is 3.48. The lowest BCUT2D eigenvalue weighted by atomic mass is 9.96. The van der Waals surface area contributed by atoms with Crippen LogP contribution < -0.4 is 9.64 Å². The highest BCUT2D eigenvalue weighted by Gasteiger charge is 2.48. The van der Waals surface area contributed by atoms with Gasteiger partial charge in [-0.3, -0.25) is 14.5 Å². The number of aliphatic hydroxyl groups is 1. The molecular formula is C29H23NO5. The second-order valence-corrected chi connectivity index (χ2v) is 8.41. The topological polar surface area (TPSA) is 80.0 Å². The lowest BCUT2D eigenvalue weighted by Crippen LogP contribution is -2.29. The molecule has 1 amide bonds. The van der Waals surface area contributed by atoms with E-state index in [1.54, 1.807) is 42.5 Å². The molecule has 0 spiro atoms. The minimum Gasteiger partial charge on any atom is -0.507 e. The van der Waals surface area contributed by atoms with Crippen molar-refractivity contribution in [3.63, 3.8) is 0 Å². The lowest BCUT2D eigenvalue weighted by molar-refractivity contribution is -0.132. The molecule has 35 heavy (non-hydrogen) atoms. The van der Waals surface area contributed by atoms with Crippen LogP contribution in [0.3, 0.4) is 0 Å². The summed E-state index contributed by atoms with van der Waals surface area (Å²) < 4.78 is 11.5. The Morgan fingerprint density at radius 2 is 1.60 bits per heavy atom. The molecule has 1 saturated heterocycles. The number of rotatable bonds is 5. The minimum atomic E-state index is -0.911. The number of ketones is 1. The number of aryl methyl sites for hydroxylation is 2. The van der Waals surface area contributed by atoms with Gasteiger partial charge in [-0.05, 0) is 74.0 Å². The van der Waals surface area contributed by atoms with Crippen molar-refractivity contribution in [1.82, 2.24) is 0 Å². The Bertz CT molecular complexity index is 1420. The zero-order valence-electron chi connectivity index (χ0n) is 19.3. The summed E-state index contributed by atoms with van der Waals surface area (Å²) in [6.45, 7) is 3.75. The number of Topliss-reactive ketones (excluding diaryl/α,β-unsaturated/α-hetero) is 1. The Kier molecular flexibility index (Phi) is 5.71. The van der Waals surface area contributed by atoms with Gasteiger partial charge < -0.3 is 14.3 Å². The average molecular weight is 466 g/mol. The van der Waals surface area contributed by atoms with E-state index in [0.717, 1.165) is 11.1 Å². The van der Waals surface area contributed by atoms with Gasteiger partial charge in [0.15, 0.2) is 0 Å². The van der Waals surface area contributed by atoms with Crippen LogP contribution in [0, 0.1) is 13.8 Å². The fraction of sp³-hybridized carbons (Fsp3) is 0.103. The molecule has 1 aliphatic heterocycles. The van der Waals surface area contributed by atoms with E-state index in [1.807, 2.05) is 56.3 Å². The number of carbonyl (C=O) groups excluding carboxylic acids is 2. The van der Waals surface area contributed by atoms with Crippen molar-refractivity contribution in [2.24, 2.45) is 0 Å². The molecule has 5 rings (SSSR count). The van der Waals surface area contributed by atoms with Crippen LogP contribution in [0.1, 0.15) is 28.5 Å². The molecule has 1 N–H and O–H groups in total. The third kappa shape index (κ3) is 4.10. The van der Waals surface area contributed by atoms with Crippen molar-refractivity contribution in [2.75, 3.05) is 4.90 Å². The summed E-state index contributed by atoms with van der Waals surface area (Å²) >= 11 is 0. The Hall–Kier alpha value is -4.58. The molecule has 1 fully saturated rings. The molecule has 4 aromatic rings. The van der Waals surface area contributed by atoms with Crippen molar-refractivity contribution in [1.29, 1.82) is 0 Å². The smallest absolute Gasteiger partial charge is 0.300 e. The van der Waals surface area contributed by atoms with Gasteiger partial charge in [-0.15, -0.1) is 0 Å².